The van der Waals surface area contributed by atoms with Crippen LogP contribution in [-0.2, 0) is 0 Å². The summed E-state index contributed by atoms with van der Waals surface area (Å²) >= 11 is 0. The maximum Gasteiger partial charge on any atom is -0.0136 e. The fraction of sp³-hybridized carbons (Fsp3) is 0.368. The summed E-state index contributed by atoms with van der Waals surface area (Å²) in [6.45, 7) is 2.41. The zero-order valence-corrected chi connectivity index (χ0v) is 11.7. The van der Waals surface area contributed by atoms with Crippen molar-refractivity contribution in [3.63, 3.8) is 0 Å². The fourth-order valence-electron chi connectivity index (χ4n) is 3.36. The summed E-state index contributed by atoms with van der Waals surface area (Å²) in [5, 5.41) is 0. The average molecular weight is 250 g/mol. The van der Waals surface area contributed by atoms with Gasteiger partial charge in [-0.1, -0.05) is 80.8 Å². The molecule has 0 spiro atoms. The summed E-state index contributed by atoms with van der Waals surface area (Å²) in [4.78, 5) is 0. The van der Waals surface area contributed by atoms with Crippen molar-refractivity contribution in [2.45, 2.75) is 38.5 Å². The molecular formula is C19H22. The van der Waals surface area contributed by atoms with Gasteiger partial charge in [-0.2, -0.15) is 0 Å². The van der Waals surface area contributed by atoms with Crippen molar-refractivity contribution in [2.24, 2.45) is 5.92 Å². The molecule has 1 fully saturated rings. The zero-order chi connectivity index (χ0) is 13.1. The van der Waals surface area contributed by atoms with Gasteiger partial charge in [-0.25, -0.2) is 0 Å². The molecule has 3 rings (SSSR count). The van der Waals surface area contributed by atoms with Gasteiger partial charge in [0.25, 0.3) is 0 Å². The molecule has 1 saturated carbocycles. The zero-order valence-electron chi connectivity index (χ0n) is 11.7. The molecule has 2 atom stereocenters. The Labute approximate surface area is 116 Å². The highest BCUT2D eigenvalue weighted by molar-refractivity contribution is 5.63. The van der Waals surface area contributed by atoms with Crippen LogP contribution in [0.1, 0.15) is 44.1 Å². The largest absolute Gasteiger partial charge is 0.0622 e. The van der Waals surface area contributed by atoms with Crippen molar-refractivity contribution in [1.29, 1.82) is 0 Å². The van der Waals surface area contributed by atoms with Crippen LogP contribution in [0.3, 0.4) is 0 Å². The van der Waals surface area contributed by atoms with Gasteiger partial charge in [0.05, 0.1) is 0 Å². The summed E-state index contributed by atoms with van der Waals surface area (Å²) in [5.74, 6) is 1.62. The van der Waals surface area contributed by atoms with Gasteiger partial charge >= 0.3 is 0 Å². The molecule has 2 aromatic carbocycles. The van der Waals surface area contributed by atoms with Crippen LogP contribution in [0.15, 0.2) is 54.6 Å². The topological polar surface area (TPSA) is 0 Å². The number of hydrogen-bond acceptors (Lipinski definition) is 0. The smallest absolute Gasteiger partial charge is 0.0136 e. The van der Waals surface area contributed by atoms with E-state index >= 15 is 0 Å². The lowest BCUT2D eigenvalue weighted by molar-refractivity contribution is 0.330. The van der Waals surface area contributed by atoms with Gasteiger partial charge in [-0.15, -0.1) is 0 Å². The molecule has 0 N–H and O–H groups in total. The van der Waals surface area contributed by atoms with Gasteiger partial charge in [0.15, 0.2) is 0 Å². The highest BCUT2D eigenvalue weighted by Crippen LogP contribution is 2.37. The van der Waals surface area contributed by atoms with Gasteiger partial charge in [0, 0.05) is 0 Å². The normalized spacial score (nSPS) is 23.2. The van der Waals surface area contributed by atoms with Crippen LogP contribution in [0.5, 0.6) is 0 Å². The third-order valence-electron chi connectivity index (χ3n) is 4.56. The lowest BCUT2D eigenvalue weighted by Crippen LogP contribution is -2.14. The lowest BCUT2D eigenvalue weighted by atomic mass is 9.76. The van der Waals surface area contributed by atoms with Crippen molar-refractivity contribution in [2.75, 3.05) is 0 Å². The third kappa shape index (κ3) is 2.73. The van der Waals surface area contributed by atoms with Crippen molar-refractivity contribution < 1.29 is 0 Å². The minimum Gasteiger partial charge on any atom is -0.0622 e. The minimum atomic E-state index is 0.776. The van der Waals surface area contributed by atoms with E-state index in [1.807, 2.05) is 0 Å². The molecule has 0 heteroatoms. The predicted molar refractivity (Wildman–Crippen MR) is 82.3 cm³/mol. The van der Waals surface area contributed by atoms with Gasteiger partial charge in [-0.3, -0.25) is 0 Å². The van der Waals surface area contributed by atoms with Crippen LogP contribution in [-0.4, -0.2) is 0 Å². The van der Waals surface area contributed by atoms with Crippen LogP contribution < -0.4 is 0 Å². The summed E-state index contributed by atoms with van der Waals surface area (Å²) in [5.41, 5.74) is 4.17. The molecule has 1 aliphatic carbocycles. The summed E-state index contributed by atoms with van der Waals surface area (Å²) in [6, 6.07) is 19.9. The number of benzene rings is 2. The van der Waals surface area contributed by atoms with Crippen LogP contribution in [0, 0.1) is 5.92 Å². The average Bonchev–Trinajstić information content (AvgIpc) is 2.49. The first-order valence-electron chi connectivity index (χ1n) is 7.50. The molecule has 0 saturated heterocycles. The number of hydrogen-bond donors (Lipinski definition) is 0. The molecule has 2 unspecified atom stereocenters. The Morgan fingerprint density at radius 1 is 0.737 bits per heavy atom. The summed E-state index contributed by atoms with van der Waals surface area (Å²) < 4.78 is 0. The van der Waals surface area contributed by atoms with Crippen LogP contribution in [0.25, 0.3) is 11.1 Å². The van der Waals surface area contributed by atoms with Crippen molar-refractivity contribution in [3.8, 4) is 11.1 Å². The summed E-state index contributed by atoms with van der Waals surface area (Å²) in [7, 11) is 0. The third-order valence-corrected chi connectivity index (χ3v) is 4.56. The standard InChI is InChI=1S/C19H22/c1-15-7-5-6-10-19(15)18-13-11-17(12-14-18)16-8-3-2-4-9-16/h2-4,8-9,11-15,19H,5-7,10H2,1H3. The van der Waals surface area contributed by atoms with Gasteiger partial charge < -0.3 is 0 Å². The Morgan fingerprint density at radius 2 is 1.37 bits per heavy atom. The monoisotopic (exact) mass is 250 g/mol. The highest BCUT2D eigenvalue weighted by atomic mass is 14.3. The Kier molecular flexibility index (Phi) is 3.68. The second-order valence-corrected chi connectivity index (χ2v) is 5.86. The van der Waals surface area contributed by atoms with Crippen molar-refractivity contribution in [1.82, 2.24) is 0 Å². The molecule has 19 heavy (non-hydrogen) atoms. The van der Waals surface area contributed by atoms with E-state index in [0.29, 0.717) is 0 Å². The number of rotatable bonds is 2. The molecule has 0 nitrogen and oxygen atoms in total. The van der Waals surface area contributed by atoms with E-state index in [2.05, 4.69) is 61.5 Å². The van der Waals surface area contributed by atoms with E-state index in [0.717, 1.165) is 11.8 Å². The van der Waals surface area contributed by atoms with Gasteiger partial charge in [-0.05, 0) is 34.9 Å². The molecule has 0 radical (unpaired) electrons. The molecule has 1 aliphatic rings. The highest BCUT2D eigenvalue weighted by Gasteiger charge is 2.22. The Balaban J connectivity index is 1.83. The van der Waals surface area contributed by atoms with Gasteiger partial charge in [0.2, 0.25) is 0 Å². The molecule has 0 bridgehead atoms. The van der Waals surface area contributed by atoms with E-state index < -0.39 is 0 Å². The van der Waals surface area contributed by atoms with E-state index in [-0.39, 0.29) is 0 Å². The first kappa shape index (κ1) is 12.5. The minimum absolute atomic E-state index is 0.776. The quantitative estimate of drug-likeness (QED) is 0.646. The molecule has 0 amide bonds. The Morgan fingerprint density at radius 3 is 2.05 bits per heavy atom. The van der Waals surface area contributed by atoms with Crippen molar-refractivity contribution in [3.05, 3.63) is 60.2 Å². The second kappa shape index (κ2) is 5.61. The van der Waals surface area contributed by atoms with E-state index in [9.17, 15) is 0 Å². The second-order valence-electron chi connectivity index (χ2n) is 5.86. The van der Waals surface area contributed by atoms with Gasteiger partial charge in [0.1, 0.15) is 0 Å². The Hall–Kier alpha value is -1.56. The fourth-order valence-corrected chi connectivity index (χ4v) is 3.36. The Bertz CT molecular complexity index is 509. The first-order valence-corrected chi connectivity index (χ1v) is 7.50. The molecule has 98 valence electrons. The first-order chi connectivity index (χ1) is 9.34. The van der Waals surface area contributed by atoms with E-state index in [1.54, 1.807) is 0 Å². The predicted octanol–water partition coefficient (Wildman–Crippen LogP) is 5.65. The molecule has 2 aromatic rings. The maximum atomic E-state index is 2.41. The van der Waals surface area contributed by atoms with E-state index in [4.69, 9.17) is 0 Å². The lowest BCUT2D eigenvalue weighted by Gasteiger charge is -2.29. The van der Waals surface area contributed by atoms with Crippen LogP contribution in [0.2, 0.25) is 0 Å². The van der Waals surface area contributed by atoms with Crippen LogP contribution >= 0.6 is 0 Å². The molecule has 0 heterocycles. The molecule has 0 aliphatic heterocycles. The van der Waals surface area contributed by atoms with E-state index in [1.165, 1.54) is 42.4 Å². The SMILES string of the molecule is CC1CCCCC1c1ccc(-c2ccccc2)cc1. The van der Waals surface area contributed by atoms with Crippen LogP contribution in [0.4, 0.5) is 0 Å². The summed E-state index contributed by atoms with van der Waals surface area (Å²) in [6.07, 6.45) is 5.58. The van der Waals surface area contributed by atoms with Crippen molar-refractivity contribution >= 4 is 0 Å². The molecular weight excluding hydrogens is 228 g/mol. The molecule has 0 aromatic heterocycles. The maximum absolute atomic E-state index is 2.41.